The predicted octanol–water partition coefficient (Wildman–Crippen LogP) is 1.97. The number of carboxylic acid groups (broad SMARTS) is 1. The zero-order chi connectivity index (χ0) is 10.6. The first-order valence-corrected chi connectivity index (χ1v) is 4.41. The first kappa shape index (κ1) is 10.7. The molecule has 0 saturated carbocycles. The minimum Gasteiger partial charge on any atom is -0.477 e. The summed E-state index contributed by atoms with van der Waals surface area (Å²) in [5, 5.41) is 12.4. The van der Waals surface area contributed by atoms with Crippen LogP contribution in [0.2, 0.25) is 0 Å². The molecule has 0 unspecified atom stereocenters. The molecule has 4 nitrogen and oxygen atoms in total. The maximum absolute atomic E-state index is 11.8. The van der Waals surface area contributed by atoms with E-state index in [0.29, 0.717) is 30.7 Å². The first-order chi connectivity index (χ1) is 6.66. The standard InChI is InChI=1S/C9H12FNO3/c1-6-8(9(12)13)7(11-14-6)4-2-3-5-10/h2-5H2,1H3,(H,12,13). The Bertz CT molecular complexity index is 322. The van der Waals surface area contributed by atoms with Crippen LogP contribution in [0.4, 0.5) is 4.39 Å². The van der Waals surface area contributed by atoms with E-state index in [2.05, 4.69) is 5.16 Å². The zero-order valence-corrected chi connectivity index (χ0v) is 7.92. The molecule has 1 rings (SSSR count). The number of aryl methyl sites for hydroxylation is 2. The van der Waals surface area contributed by atoms with E-state index < -0.39 is 5.97 Å². The minimum atomic E-state index is -1.04. The normalized spacial score (nSPS) is 10.4. The van der Waals surface area contributed by atoms with Gasteiger partial charge in [-0.1, -0.05) is 5.16 Å². The second-order valence-corrected chi connectivity index (χ2v) is 3.01. The molecular weight excluding hydrogens is 189 g/mol. The van der Waals surface area contributed by atoms with Gasteiger partial charge < -0.3 is 9.63 Å². The lowest BCUT2D eigenvalue weighted by molar-refractivity contribution is 0.0694. The zero-order valence-electron chi connectivity index (χ0n) is 7.92. The number of hydrogen-bond acceptors (Lipinski definition) is 3. The van der Waals surface area contributed by atoms with Crippen LogP contribution in [-0.4, -0.2) is 22.9 Å². The first-order valence-electron chi connectivity index (χ1n) is 4.41. The summed E-state index contributed by atoms with van der Waals surface area (Å²) in [5.74, 6) is -0.744. The van der Waals surface area contributed by atoms with Crippen LogP contribution in [0.3, 0.4) is 0 Å². The third kappa shape index (κ3) is 2.31. The number of aromatic carboxylic acids is 1. The third-order valence-electron chi connectivity index (χ3n) is 1.94. The van der Waals surface area contributed by atoms with Crippen LogP contribution in [0.25, 0.3) is 0 Å². The van der Waals surface area contributed by atoms with Crippen LogP contribution in [0.15, 0.2) is 4.52 Å². The van der Waals surface area contributed by atoms with Crippen molar-refractivity contribution >= 4 is 5.97 Å². The molecule has 0 atom stereocenters. The highest BCUT2D eigenvalue weighted by Crippen LogP contribution is 2.15. The molecule has 78 valence electrons. The van der Waals surface area contributed by atoms with E-state index in [1.807, 2.05) is 0 Å². The van der Waals surface area contributed by atoms with Gasteiger partial charge in [0.15, 0.2) is 0 Å². The van der Waals surface area contributed by atoms with Gasteiger partial charge in [0.1, 0.15) is 11.3 Å². The molecule has 0 saturated heterocycles. The summed E-state index contributed by atoms with van der Waals surface area (Å²) in [7, 11) is 0. The smallest absolute Gasteiger partial charge is 0.341 e. The van der Waals surface area contributed by atoms with Crippen molar-refractivity contribution in [1.82, 2.24) is 5.16 Å². The molecule has 0 amide bonds. The average molecular weight is 201 g/mol. The van der Waals surface area contributed by atoms with E-state index in [4.69, 9.17) is 9.63 Å². The number of carbonyl (C=O) groups is 1. The predicted molar refractivity (Wildman–Crippen MR) is 47.1 cm³/mol. The number of aromatic nitrogens is 1. The van der Waals surface area contributed by atoms with E-state index in [0.717, 1.165) is 0 Å². The molecule has 0 aliphatic carbocycles. The largest absolute Gasteiger partial charge is 0.477 e. The molecule has 1 N–H and O–H groups in total. The van der Waals surface area contributed by atoms with Crippen molar-refractivity contribution in [1.29, 1.82) is 0 Å². The van der Waals surface area contributed by atoms with Gasteiger partial charge in [-0.05, 0) is 26.2 Å². The van der Waals surface area contributed by atoms with Crippen molar-refractivity contribution < 1.29 is 18.8 Å². The topological polar surface area (TPSA) is 63.3 Å². The van der Waals surface area contributed by atoms with Crippen LogP contribution in [0.5, 0.6) is 0 Å². The maximum Gasteiger partial charge on any atom is 0.341 e. The number of hydrogen-bond donors (Lipinski definition) is 1. The lowest BCUT2D eigenvalue weighted by Crippen LogP contribution is -2.02. The van der Waals surface area contributed by atoms with Gasteiger partial charge in [-0.2, -0.15) is 0 Å². The maximum atomic E-state index is 11.8. The highest BCUT2D eigenvalue weighted by molar-refractivity contribution is 5.89. The quantitative estimate of drug-likeness (QED) is 0.740. The van der Waals surface area contributed by atoms with Gasteiger partial charge in [0.2, 0.25) is 0 Å². The van der Waals surface area contributed by atoms with Crippen molar-refractivity contribution in [3.8, 4) is 0 Å². The third-order valence-corrected chi connectivity index (χ3v) is 1.94. The fourth-order valence-electron chi connectivity index (χ4n) is 1.25. The monoisotopic (exact) mass is 201 g/mol. The summed E-state index contributed by atoms with van der Waals surface area (Å²) in [4.78, 5) is 10.8. The van der Waals surface area contributed by atoms with Gasteiger partial charge in [0.25, 0.3) is 0 Å². The van der Waals surface area contributed by atoms with Crippen LogP contribution < -0.4 is 0 Å². The highest BCUT2D eigenvalue weighted by Gasteiger charge is 2.18. The molecule has 0 aliphatic rings. The molecular formula is C9H12FNO3. The Kier molecular flexibility index (Phi) is 3.62. The molecule has 1 aromatic heterocycles. The van der Waals surface area contributed by atoms with E-state index >= 15 is 0 Å². The van der Waals surface area contributed by atoms with Crippen molar-refractivity contribution in [2.24, 2.45) is 0 Å². The molecule has 0 bridgehead atoms. The van der Waals surface area contributed by atoms with Gasteiger partial charge in [0, 0.05) is 0 Å². The molecule has 0 aromatic carbocycles. The summed E-state index contributed by atoms with van der Waals surface area (Å²) < 4.78 is 16.6. The Morgan fingerprint density at radius 2 is 2.29 bits per heavy atom. The molecule has 0 radical (unpaired) electrons. The number of alkyl halides is 1. The van der Waals surface area contributed by atoms with Gasteiger partial charge in [-0.15, -0.1) is 0 Å². The van der Waals surface area contributed by atoms with Crippen molar-refractivity contribution in [3.63, 3.8) is 0 Å². The lowest BCUT2D eigenvalue weighted by atomic mass is 10.1. The Morgan fingerprint density at radius 1 is 1.57 bits per heavy atom. The number of halogens is 1. The van der Waals surface area contributed by atoms with Gasteiger partial charge in [-0.3, -0.25) is 4.39 Å². The van der Waals surface area contributed by atoms with E-state index in [9.17, 15) is 9.18 Å². The van der Waals surface area contributed by atoms with Crippen molar-refractivity contribution in [2.45, 2.75) is 26.2 Å². The van der Waals surface area contributed by atoms with Crippen LogP contribution >= 0.6 is 0 Å². The van der Waals surface area contributed by atoms with Crippen molar-refractivity contribution in [3.05, 3.63) is 17.0 Å². The van der Waals surface area contributed by atoms with Crippen LogP contribution in [-0.2, 0) is 6.42 Å². The summed E-state index contributed by atoms with van der Waals surface area (Å²) in [6.45, 7) is 1.16. The molecule has 14 heavy (non-hydrogen) atoms. The summed E-state index contributed by atoms with van der Waals surface area (Å²) in [5.41, 5.74) is 0.521. The van der Waals surface area contributed by atoms with Crippen LogP contribution in [0, 0.1) is 6.92 Å². The van der Waals surface area contributed by atoms with Gasteiger partial charge in [-0.25, -0.2) is 4.79 Å². The fraction of sp³-hybridized carbons (Fsp3) is 0.556. The number of rotatable bonds is 5. The van der Waals surface area contributed by atoms with E-state index in [1.54, 1.807) is 6.92 Å². The summed E-state index contributed by atoms with van der Waals surface area (Å²) >= 11 is 0. The summed E-state index contributed by atoms with van der Waals surface area (Å²) in [6, 6.07) is 0. The highest BCUT2D eigenvalue weighted by atomic mass is 19.1. The van der Waals surface area contributed by atoms with Crippen molar-refractivity contribution in [2.75, 3.05) is 6.67 Å². The molecule has 0 fully saturated rings. The SMILES string of the molecule is Cc1onc(CCCCF)c1C(=O)O. The molecule has 5 heteroatoms. The summed E-state index contributed by atoms with van der Waals surface area (Å²) in [6.07, 6.45) is 1.45. The van der Waals surface area contributed by atoms with Crippen LogP contribution in [0.1, 0.15) is 34.7 Å². The Labute approximate surface area is 80.7 Å². The average Bonchev–Trinajstić information content (AvgIpc) is 2.47. The minimum absolute atomic E-state index is 0.115. The van der Waals surface area contributed by atoms with E-state index in [1.165, 1.54) is 0 Å². The number of nitrogens with zero attached hydrogens (tertiary/aromatic N) is 1. The lowest BCUT2D eigenvalue weighted by Gasteiger charge is -1.95. The molecule has 0 spiro atoms. The Balaban J connectivity index is 2.71. The number of unbranched alkanes of at least 4 members (excludes halogenated alkanes) is 1. The molecule has 1 heterocycles. The second-order valence-electron chi connectivity index (χ2n) is 3.01. The van der Waals surface area contributed by atoms with E-state index in [-0.39, 0.29) is 12.2 Å². The Hall–Kier alpha value is -1.39. The Morgan fingerprint density at radius 3 is 2.86 bits per heavy atom. The molecule has 0 aliphatic heterocycles. The molecule has 1 aromatic rings. The van der Waals surface area contributed by atoms with Gasteiger partial charge >= 0.3 is 5.97 Å². The van der Waals surface area contributed by atoms with Gasteiger partial charge in [0.05, 0.1) is 12.4 Å². The second kappa shape index (κ2) is 4.74. The fourth-order valence-corrected chi connectivity index (χ4v) is 1.25. The number of carboxylic acids is 1.